The Hall–Kier alpha value is -0.990. The highest BCUT2D eigenvalue weighted by molar-refractivity contribution is 6.34. The van der Waals surface area contributed by atoms with Gasteiger partial charge in [-0.2, -0.15) is 0 Å². The second-order valence-electron chi connectivity index (χ2n) is 4.88. The lowest BCUT2D eigenvalue weighted by Crippen LogP contribution is -2.22. The Morgan fingerprint density at radius 3 is 2.94 bits per heavy atom. The van der Waals surface area contributed by atoms with Crippen LogP contribution in [-0.4, -0.2) is 13.1 Å². The summed E-state index contributed by atoms with van der Waals surface area (Å²) in [6, 6.07) is 7.95. The third-order valence-corrected chi connectivity index (χ3v) is 3.31. The largest absolute Gasteiger partial charge is 0.459 e. The van der Waals surface area contributed by atoms with Crippen molar-refractivity contribution in [3.63, 3.8) is 0 Å². The molecule has 0 saturated heterocycles. The predicted molar refractivity (Wildman–Crippen MR) is 77.3 cm³/mol. The van der Waals surface area contributed by atoms with Gasteiger partial charge in [0, 0.05) is 11.8 Å². The van der Waals surface area contributed by atoms with Crippen LogP contribution in [-0.2, 0) is 6.42 Å². The van der Waals surface area contributed by atoms with E-state index >= 15 is 0 Å². The Balaban J connectivity index is 2.01. The molecule has 1 aromatic carbocycles. The van der Waals surface area contributed by atoms with Crippen molar-refractivity contribution in [2.24, 2.45) is 5.92 Å². The number of benzene rings is 1. The standard InChI is InChI=1S/C15H20ClNO/c1-3-7-17-10-11(2)8-13-9-12-5-4-6-14(16)15(12)18-13/h4-6,9,11,17H,3,7-8,10H2,1-2H3. The summed E-state index contributed by atoms with van der Waals surface area (Å²) in [6.07, 6.45) is 2.12. The van der Waals surface area contributed by atoms with Crippen LogP contribution >= 0.6 is 11.6 Å². The molecule has 1 aromatic heterocycles. The molecule has 0 radical (unpaired) electrons. The minimum absolute atomic E-state index is 0.566. The molecule has 0 aliphatic carbocycles. The zero-order valence-electron chi connectivity index (χ0n) is 11.0. The van der Waals surface area contributed by atoms with Crippen molar-refractivity contribution in [2.75, 3.05) is 13.1 Å². The fraction of sp³-hybridized carbons (Fsp3) is 0.467. The molecule has 1 heterocycles. The Kier molecular flexibility index (Phi) is 4.67. The highest BCUT2D eigenvalue weighted by Gasteiger charge is 2.10. The molecule has 0 aliphatic heterocycles. The summed E-state index contributed by atoms with van der Waals surface area (Å²) in [5.41, 5.74) is 0.808. The monoisotopic (exact) mass is 265 g/mol. The second-order valence-corrected chi connectivity index (χ2v) is 5.29. The molecule has 0 aliphatic rings. The molecule has 2 rings (SSSR count). The maximum absolute atomic E-state index is 6.10. The van der Waals surface area contributed by atoms with E-state index in [0.717, 1.165) is 36.2 Å². The minimum Gasteiger partial charge on any atom is -0.459 e. The topological polar surface area (TPSA) is 25.2 Å². The number of furan rings is 1. The van der Waals surface area contributed by atoms with E-state index in [1.807, 2.05) is 18.2 Å². The van der Waals surface area contributed by atoms with Gasteiger partial charge in [0.15, 0.2) is 5.58 Å². The SMILES string of the molecule is CCCNCC(C)Cc1cc2cccc(Cl)c2o1. The molecule has 0 bridgehead atoms. The molecule has 0 saturated carbocycles. The smallest absolute Gasteiger partial charge is 0.152 e. The van der Waals surface area contributed by atoms with E-state index in [1.54, 1.807) is 0 Å². The molecule has 0 spiro atoms. The first-order valence-electron chi connectivity index (χ1n) is 6.58. The highest BCUT2D eigenvalue weighted by atomic mass is 35.5. The minimum atomic E-state index is 0.566. The van der Waals surface area contributed by atoms with Crippen molar-refractivity contribution in [1.29, 1.82) is 0 Å². The summed E-state index contributed by atoms with van der Waals surface area (Å²) in [7, 11) is 0. The molecule has 2 aromatic rings. The maximum Gasteiger partial charge on any atom is 0.152 e. The van der Waals surface area contributed by atoms with E-state index in [4.69, 9.17) is 16.0 Å². The summed E-state index contributed by atoms with van der Waals surface area (Å²) in [4.78, 5) is 0. The molecule has 1 unspecified atom stereocenters. The molecule has 2 nitrogen and oxygen atoms in total. The lowest BCUT2D eigenvalue weighted by Gasteiger charge is -2.10. The van der Waals surface area contributed by atoms with E-state index in [0.29, 0.717) is 10.9 Å². The van der Waals surface area contributed by atoms with Crippen LogP contribution in [0.15, 0.2) is 28.7 Å². The molecule has 1 N–H and O–H groups in total. The number of rotatable bonds is 6. The molecule has 0 amide bonds. The van der Waals surface area contributed by atoms with E-state index in [9.17, 15) is 0 Å². The number of halogens is 1. The van der Waals surface area contributed by atoms with Gasteiger partial charge in [0.1, 0.15) is 5.76 Å². The van der Waals surface area contributed by atoms with Gasteiger partial charge in [-0.3, -0.25) is 0 Å². The normalized spacial score (nSPS) is 13.1. The lowest BCUT2D eigenvalue weighted by atomic mass is 10.1. The zero-order valence-corrected chi connectivity index (χ0v) is 11.8. The molecule has 1 atom stereocenters. The van der Waals surface area contributed by atoms with Crippen LogP contribution in [0.4, 0.5) is 0 Å². The fourth-order valence-corrected chi connectivity index (χ4v) is 2.34. The first kappa shape index (κ1) is 13.4. The Morgan fingerprint density at radius 1 is 1.39 bits per heavy atom. The summed E-state index contributed by atoms with van der Waals surface area (Å²) in [5.74, 6) is 1.58. The summed E-state index contributed by atoms with van der Waals surface area (Å²) in [5, 5.41) is 5.21. The van der Waals surface area contributed by atoms with Crippen LogP contribution in [0.3, 0.4) is 0 Å². The Bertz CT molecular complexity index is 506. The van der Waals surface area contributed by atoms with Crippen LogP contribution in [0.5, 0.6) is 0 Å². The van der Waals surface area contributed by atoms with E-state index in [1.165, 1.54) is 6.42 Å². The van der Waals surface area contributed by atoms with Gasteiger partial charge in [-0.25, -0.2) is 0 Å². The number of fused-ring (bicyclic) bond motifs is 1. The van der Waals surface area contributed by atoms with Gasteiger partial charge in [-0.05, 0) is 37.6 Å². The first-order chi connectivity index (χ1) is 8.70. The molecule has 3 heteroatoms. The molecular formula is C15H20ClNO. The average Bonchev–Trinajstić information content (AvgIpc) is 2.73. The van der Waals surface area contributed by atoms with Crippen LogP contribution in [0, 0.1) is 5.92 Å². The predicted octanol–water partition coefficient (Wildman–Crippen LogP) is 4.26. The van der Waals surface area contributed by atoms with Gasteiger partial charge < -0.3 is 9.73 Å². The van der Waals surface area contributed by atoms with Crippen molar-refractivity contribution >= 4 is 22.6 Å². The lowest BCUT2D eigenvalue weighted by molar-refractivity contribution is 0.454. The van der Waals surface area contributed by atoms with Gasteiger partial charge in [0.25, 0.3) is 0 Å². The van der Waals surface area contributed by atoms with E-state index < -0.39 is 0 Å². The second kappa shape index (κ2) is 6.26. The molecule has 0 fully saturated rings. The van der Waals surface area contributed by atoms with Gasteiger partial charge in [-0.1, -0.05) is 37.6 Å². The van der Waals surface area contributed by atoms with Crippen molar-refractivity contribution in [2.45, 2.75) is 26.7 Å². The van der Waals surface area contributed by atoms with Crippen molar-refractivity contribution in [3.8, 4) is 0 Å². The Morgan fingerprint density at radius 2 is 2.22 bits per heavy atom. The van der Waals surface area contributed by atoms with Crippen LogP contribution < -0.4 is 5.32 Å². The Labute approximate surface area is 113 Å². The van der Waals surface area contributed by atoms with Crippen LogP contribution in [0.2, 0.25) is 5.02 Å². The third kappa shape index (κ3) is 3.27. The average molecular weight is 266 g/mol. The first-order valence-corrected chi connectivity index (χ1v) is 6.96. The molecule has 98 valence electrons. The number of hydrogen-bond acceptors (Lipinski definition) is 2. The summed E-state index contributed by atoms with van der Waals surface area (Å²) < 4.78 is 5.82. The van der Waals surface area contributed by atoms with Crippen LogP contribution in [0.1, 0.15) is 26.0 Å². The quantitative estimate of drug-likeness (QED) is 0.790. The van der Waals surface area contributed by atoms with Crippen molar-refractivity contribution < 1.29 is 4.42 Å². The molecular weight excluding hydrogens is 246 g/mol. The van der Waals surface area contributed by atoms with Gasteiger partial charge in [0.2, 0.25) is 0 Å². The fourth-order valence-electron chi connectivity index (χ4n) is 2.12. The zero-order chi connectivity index (χ0) is 13.0. The van der Waals surface area contributed by atoms with Gasteiger partial charge in [0.05, 0.1) is 5.02 Å². The molecule has 18 heavy (non-hydrogen) atoms. The van der Waals surface area contributed by atoms with Gasteiger partial charge >= 0.3 is 0 Å². The summed E-state index contributed by atoms with van der Waals surface area (Å²) in [6.45, 7) is 6.52. The third-order valence-electron chi connectivity index (χ3n) is 3.02. The number of para-hydroxylation sites is 1. The van der Waals surface area contributed by atoms with Crippen molar-refractivity contribution in [1.82, 2.24) is 5.32 Å². The number of nitrogens with one attached hydrogen (secondary N) is 1. The summed E-state index contributed by atoms with van der Waals surface area (Å²) >= 11 is 6.10. The van der Waals surface area contributed by atoms with E-state index in [2.05, 4.69) is 25.2 Å². The maximum atomic E-state index is 6.10. The van der Waals surface area contributed by atoms with E-state index in [-0.39, 0.29) is 0 Å². The van der Waals surface area contributed by atoms with Crippen LogP contribution in [0.25, 0.3) is 11.0 Å². The number of hydrogen-bond donors (Lipinski definition) is 1. The van der Waals surface area contributed by atoms with Crippen molar-refractivity contribution in [3.05, 3.63) is 35.0 Å². The van der Waals surface area contributed by atoms with Gasteiger partial charge in [-0.15, -0.1) is 0 Å². The highest BCUT2D eigenvalue weighted by Crippen LogP contribution is 2.27.